The van der Waals surface area contributed by atoms with E-state index in [1.54, 1.807) is 25.2 Å². The van der Waals surface area contributed by atoms with Crippen molar-refractivity contribution in [2.75, 3.05) is 12.4 Å². The van der Waals surface area contributed by atoms with E-state index < -0.39 is 0 Å². The first kappa shape index (κ1) is 13.3. The maximum Gasteiger partial charge on any atom is 0.321 e. The van der Waals surface area contributed by atoms with Crippen molar-refractivity contribution in [1.82, 2.24) is 4.90 Å². The van der Waals surface area contributed by atoms with Crippen molar-refractivity contribution < 1.29 is 14.0 Å². The number of carbonyl (C=O) groups is 2. The van der Waals surface area contributed by atoms with Crippen molar-refractivity contribution in [2.45, 2.75) is 6.54 Å². The summed E-state index contributed by atoms with van der Waals surface area (Å²) < 4.78 is 12.9. The van der Waals surface area contributed by atoms with Crippen molar-refractivity contribution in [3.63, 3.8) is 0 Å². The van der Waals surface area contributed by atoms with E-state index in [0.29, 0.717) is 23.4 Å². The lowest BCUT2D eigenvalue weighted by molar-refractivity contribution is 0.103. The molecule has 0 atom stereocenters. The Labute approximate surface area is 121 Å². The molecule has 1 aliphatic heterocycles. The first-order valence-electron chi connectivity index (χ1n) is 6.50. The van der Waals surface area contributed by atoms with E-state index in [2.05, 4.69) is 5.32 Å². The molecule has 3 rings (SSSR count). The molecule has 0 saturated carbocycles. The third-order valence-electron chi connectivity index (χ3n) is 3.47. The second kappa shape index (κ2) is 5.01. The molecule has 0 aliphatic carbocycles. The third kappa shape index (κ3) is 2.50. The van der Waals surface area contributed by atoms with Crippen LogP contribution in [0.15, 0.2) is 42.5 Å². The zero-order chi connectivity index (χ0) is 15.0. The number of ketones is 1. The standard InChI is InChI=1S/C16H13FN2O2/c1-19-9-12-8-11(4-7-14(12)18-16(19)21)15(20)10-2-5-13(17)6-3-10/h2-8H,9H2,1H3,(H,18,21). The molecule has 0 fully saturated rings. The van der Waals surface area contributed by atoms with E-state index in [1.807, 2.05) is 0 Å². The maximum absolute atomic E-state index is 12.9. The first-order valence-corrected chi connectivity index (χ1v) is 6.50. The minimum atomic E-state index is -0.374. The van der Waals surface area contributed by atoms with Crippen LogP contribution in [0.5, 0.6) is 0 Å². The highest BCUT2D eigenvalue weighted by Crippen LogP contribution is 2.24. The largest absolute Gasteiger partial charge is 0.323 e. The zero-order valence-corrected chi connectivity index (χ0v) is 11.4. The normalized spacial score (nSPS) is 13.6. The highest BCUT2D eigenvalue weighted by molar-refractivity contribution is 6.09. The van der Waals surface area contributed by atoms with Crippen LogP contribution < -0.4 is 5.32 Å². The summed E-state index contributed by atoms with van der Waals surface area (Å²) in [7, 11) is 1.69. The van der Waals surface area contributed by atoms with E-state index in [0.717, 1.165) is 5.56 Å². The summed E-state index contributed by atoms with van der Waals surface area (Å²) in [5.41, 5.74) is 2.55. The Balaban J connectivity index is 1.93. The Kier molecular flexibility index (Phi) is 3.17. The summed E-state index contributed by atoms with van der Waals surface area (Å²) in [6.07, 6.45) is 0. The summed E-state index contributed by atoms with van der Waals surface area (Å²) in [4.78, 5) is 25.4. The molecule has 0 unspecified atom stereocenters. The van der Waals surface area contributed by atoms with E-state index >= 15 is 0 Å². The number of benzene rings is 2. The molecule has 21 heavy (non-hydrogen) atoms. The van der Waals surface area contributed by atoms with Gasteiger partial charge in [-0.15, -0.1) is 0 Å². The quantitative estimate of drug-likeness (QED) is 0.862. The average molecular weight is 284 g/mol. The summed E-state index contributed by atoms with van der Waals surface area (Å²) in [6, 6.07) is 10.4. The molecule has 1 heterocycles. The van der Waals surface area contributed by atoms with Gasteiger partial charge in [0.1, 0.15) is 5.82 Å². The summed E-state index contributed by atoms with van der Waals surface area (Å²) in [6.45, 7) is 0.450. The second-order valence-corrected chi connectivity index (χ2v) is 4.99. The molecular weight excluding hydrogens is 271 g/mol. The van der Waals surface area contributed by atoms with Crippen LogP contribution in [-0.4, -0.2) is 23.8 Å². The van der Waals surface area contributed by atoms with Gasteiger partial charge in [-0.05, 0) is 48.0 Å². The molecule has 1 N–H and O–H groups in total. The number of hydrogen-bond acceptors (Lipinski definition) is 2. The molecule has 2 aromatic carbocycles. The van der Waals surface area contributed by atoms with Gasteiger partial charge < -0.3 is 10.2 Å². The lowest BCUT2D eigenvalue weighted by Gasteiger charge is -2.26. The van der Waals surface area contributed by atoms with Crippen LogP contribution in [0.4, 0.5) is 14.9 Å². The SMILES string of the molecule is CN1Cc2cc(C(=O)c3ccc(F)cc3)ccc2NC1=O. The highest BCUT2D eigenvalue weighted by atomic mass is 19.1. The number of rotatable bonds is 2. The number of nitrogens with zero attached hydrogens (tertiary/aromatic N) is 1. The lowest BCUT2D eigenvalue weighted by Crippen LogP contribution is -2.35. The lowest BCUT2D eigenvalue weighted by atomic mass is 9.99. The van der Waals surface area contributed by atoms with Crippen molar-refractivity contribution in [3.05, 3.63) is 65.0 Å². The number of nitrogens with one attached hydrogen (secondary N) is 1. The molecule has 0 radical (unpaired) electrons. The molecule has 0 bridgehead atoms. The van der Waals surface area contributed by atoms with Gasteiger partial charge in [0.05, 0.1) is 0 Å². The number of anilines is 1. The maximum atomic E-state index is 12.9. The van der Waals surface area contributed by atoms with Gasteiger partial charge >= 0.3 is 6.03 Å². The van der Waals surface area contributed by atoms with Gasteiger partial charge in [0.15, 0.2) is 5.78 Å². The van der Waals surface area contributed by atoms with E-state index in [9.17, 15) is 14.0 Å². The van der Waals surface area contributed by atoms with Crippen LogP contribution in [0.1, 0.15) is 21.5 Å². The molecular formula is C16H13FN2O2. The number of urea groups is 1. The number of carbonyl (C=O) groups excluding carboxylic acids is 2. The predicted octanol–water partition coefficient (Wildman–Crippen LogP) is 3.03. The summed E-state index contributed by atoms with van der Waals surface area (Å²) >= 11 is 0. The highest BCUT2D eigenvalue weighted by Gasteiger charge is 2.20. The Morgan fingerprint density at radius 2 is 1.81 bits per heavy atom. The second-order valence-electron chi connectivity index (χ2n) is 4.99. The van der Waals surface area contributed by atoms with E-state index in [4.69, 9.17) is 0 Å². The fourth-order valence-corrected chi connectivity index (χ4v) is 2.29. The van der Waals surface area contributed by atoms with Crippen LogP contribution in [0, 0.1) is 5.82 Å². The van der Waals surface area contributed by atoms with Crippen LogP contribution in [0.2, 0.25) is 0 Å². The van der Waals surface area contributed by atoms with Gasteiger partial charge in [0.25, 0.3) is 0 Å². The van der Waals surface area contributed by atoms with Gasteiger partial charge in [-0.25, -0.2) is 9.18 Å². The fraction of sp³-hybridized carbons (Fsp3) is 0.125. The summed E-state index contributed by atoms with van der Waals surface area (Å²) in [5.74, 6) is -0.543. The molecule has 0 spiro atoms. The number of fused-ring (bicyclic) bond motifs is 1. The van der Waals surface area contributed by atoms with Crippen molar-refractivity contribution in [1.29, 1.82) is 0 Å². The molecule has 5 heteroatoms. The average Bonchev–Trinajstić information content (AvgIpc) is 2.48. The van der Waals surface area contributed by atoms with E-state index in [-0.39, 0.29) is 17.6 Å². The van der Waals surface area contributed by atoms with Crippen LogP contribution in [0.3, 0.4) is 0 Å². The topological polar surface area (TPSA) is 49.4 Å². The molecule has 2 amide bonds. The van der Waals surface area contributed by atoms with Crippen LogP contribution >= 0.6 is 0 Å². The van der Waals surface area contributed by atoms with Crippen LogP contribution in [-0.2, 0) is 6.54 Å². The number of amides is 2. The molecule has 4 nitrogen and oxygen atoms in total. The first-order chi connectivity index (χ1) is 10.0. The van der Waals surface area contributed by atoms with Gasteiger partial charge in [0.2, 0.25) is 0 Å². The van der Waals surface area contributed by atoms with Gasteiger partial charge in [0, 0.05) is 30.4 Å². The van der Waals surface area contributed by atoms with Gasteiger partial charge in [-0.2, -0.15) is 0 Å². The minimum absolute atomic E-state index is 0.167. The fourth-order valence-electron chi connectivity index (χ4n) is 2.29. The third-order valence-corrected chi connectivity index (χ3v) is 3.47. The van der Waals surface area contributed by atoms with E-state index in [1.165, 1.54) is 29.2 Å². The molecule has 1 aliphatic rings. The Bertz CT molecular complexity index is 726. The molecule has 0 saturated heterocycles. The van der Waals surface area contributed by atoms with Crippen LogP contribution in [0.25, 0.3) is 0 Å². The molecule has 2 aromatic rings. The van der Waals surface area contributed by atoms with Crippen molar-refractivity contribution >= 4 is 17.5 Å². The van der Waals surface area contributed by atoms with Gasteiger partial charge in [-0.1, -0.05) is 0 Å². The smallest absolute Gasteiger partial charge is 0.321 e. The van der Waals surface area contributed by atoms with Gasteiger partial charge in [-0.3, -0.25) is 4.79 Å². The van der Waals surface area contributed by atoms with Crippen molar-refractivity contribution in [3.8, 4) is 0 Å². The predicted molar refractivity (Wildman–Crippen MR) is 76.8 cm³/mol. The molecule has 0 aromatic heterocycles. The Morgan fingerprint density at radius 3 is 2.52 bits per heavy atom. The summed E-state index contributed by atoms with van der Waals surface area (Å²) in [5, 5.41) is 2.75. The Hall–Kier alpha value is -2.69. The minimum Gasteiger partial charge on any atom is -0.323 e. The number of hydrogen-bond donors (Lipinski definition) is 1. The molecule has 106 valence electrons. The monoisotopic (exact) mass is 284 g/mol. The zero-order valence-electron chi connectivity index (χ0n) is 11.4. The Morgan fingerprint density at radius 1 is 1.14 bits per heavy atom. The van der Waals surface area contributed by atoms with Crippen molar-refractivity contribution in [2.24, 2.45) is 0 Å². The number of halogens is 1.